The zero-order chi connectivity index (χ0) is 33.7. The number of carbonyl (C=O) groups excluding carboxylic acids is 5. The van der Waals surface area contributed by atoms with Crippen molar-refractivity contribution in [2.75, 3.05) is 41.0 Å². The highest BCUT2D eigenvalue weighted by Crippen LogP contribution is 2.26. The molecular formula is C32H52N4O8. The second-order valence-electron chi connectivity index (χ2n) is 11.1. The van der Waals surface area contributed by atoms with Gasteiger partial charge in [0.1, 0.15) is 24.8 Å². The maximum absolute atomic E-state index is 12.5. The summed E-state index contributed by atoms with van der Waals surface area (Å²) >= 11 is 0. The SMILES string of the molecule is C=O.CC(C)C.CC1CCC1.CO.COCC(=O)C(CC1CCNC1=O)NC(=O)CNC(=O)c1cc2c(OC)cccc2[nH]1. The number of aromatic amines is 1. The van der Waals surface area contributed by atoms with Crippen molar-refractivity contribution in [3.05, 3.63) is 30.0 Å². The fraction of sp³-hybridized carbons (Fsp3) is 0.594. The van der Waals surface area contributed by atoms with Crippen molar-refractivity contribution in [2.45, 2.75) is 65.8 Å². The average Bonchev–Trinajstić information content (AvgIpc) is 3.62. The summed E-state index contributed by atoms with van der Waals surface area (Å²) < 4.78 is 10.2. The molecule has 5 N–H and O–H groups in total. The lowest BCUT2D eigenvalue weighted by atomic mass is 9.88. The first-order chi connectivity index (χ1) is 21.0. The molecule has 2 unspecified atom stereocenters. The Morgan fingerprint density at radius 3 is 2.18 bits per heavy atom. The van der Waals surface area contributed by atoms with Crippen molar-refractivity contribution in [2.24, 2.45) is 17.8 Å². The van der Waals surface area contributed by atoms with Gasteiger partial charge in [-0.1, -0.05) is 53.0 Å². The number of rotatable bonds is 10. The number of hydrogen-bond acceptors (Lipinski definition) is 8. The minimum atomic E-state index is -0.865. The molecule has 44 heavy (non-hydrogen) atoms. The number of carbonyl (C=O) groups is 5. The molecule has 3 amide bonds. The maximum atomic E-state index is 12.5. The molecule has 1 aliphatic carbocycles. The second-order valence-corrected chi connectivity index (χ2v) is 11.1. The molecule has 2 heterocycles. The standard InChI is InChI=1S/C21H26N4O6.C5H10.C4H10.CH4O.CH2O/c1-30-11-17(26)15(8-12-6-7-22-20(12)28)25-19(27)10-23-21(29)16-9-13-14(24-16)4-3-5-18(13)31-2;1-5-3-2-4-5;1-4(2)3;2*1-2/h3-5,9,12,15,24H,6-8,10-11H2,1-2H3,(H,22,28)(H,23,29)(H,25,27);5H,2-4H2,1H3;4H,1-3H3;2H,1H3;1H2. The molecule has 1 aromatic carbocycles. The van der Waals surface area contributed by atoms with Gasteiger partial charge in [0.25, 0.3) is 5.91 Å². The van der Waals surface area contributed by atoms with E-state index in [1.807, 2.05) is 12.9 Å². The Bertz CT molecular complexity index is 1140. The fourth-order valence-corrected chi connectivity index (χ4v) is 4.21. The molecule has 12 nitrogen and oxygen atoms in total. The Morgan fingerprint density at radius 1 is 1.09 bits per heavy atom. The highest BCUT2D eigenvalue weighted by molar-refractivity contribution is 6.01. The minimum absolute atomic E-state index is 0.132. The van der Waals surface area contributed by atoms with E-state index in [-0.39, 0.29) is 42.9 Å². The van der Waals surface area contributed by atoms with Gasteiger partial charge in [-0.05, 0) is 42.9 Å². The monoisotopic (exact) mass is 620 g/mol. The number of ether oxygens (including phenoxy) is 2. The first-order valence-corrected chi connectivity index (χ1v) is 14.8. The predicted octanol–water partition coefficient (Wildman–Crippen LogP) is 3.03. The summed E-state index contributed by atoms with van der Waals surface area (Å²) in [6.45, 7) is 10.9. The third-order valence-corrected chi connectivity index (χ3v) is 6.59. The number of benzene rings is 1. The van der Waals surface area contributed by atoms with E-state index in [9.17, 15) is 19.2 Å². The number of aliphatic hydroxyl groups excluding tert-OH is 1. The zero-order valence-electron chi connectivity index (χ0n) is 27.3. The van der Waals surface area contributed by atoms with Gasteiger partial charge in [0.15, 0.2) is 5.78 Å². The second kappa shape index (κ2) is 22.7. The van der Waals surface area contributed by atoms with Crippen LogP contribution in [0.2, 0.25) is 0 Å². The number of hydrogen-bond donors (Lipinski definition) is 5. The van der Waals surface area contributed by atoms with E-state index in [1.165, 1.54) is 26.4 Å². The number of aromatic nitrogens is 1. The smallest absolute Gasteiger partial charge is 0.268 e. The number of nitrogens with one attached hydrogen (secondary N) is 4. The minimum Gasteiger partial charge on any atom is -0.496 e. The number of fused-ring (bicyclic) bond motifs is 1. The Kier molecular flexibility index (Phi) is 20.8. The molecule has 1 aliphatic heterocycles. The van der Waals surface area contributed by atoms with Gasteiger partial charge in [-0.3, -0.25) is 19.2 Å². The van der Waals surface area contributed by atoms with Crippen molar-refractivity contribution in [1.29, 1.82) is 0 Å². The Hall–Kier alpha value is -3.77. The maximum Gasteiger partial charge on any atom is 0.268 e. The number of ketones is 1. The highest BCUT2D eigenvalue weighted by Gasteiger charge is 2.31. The van der Waals surface area contributed by atoms with E-state index in [4.69, 9.17) is 19.4 Å². The van der Waals surface area contributed by atoms with Crippen molar-refractivity contribution < 1.29 is 38.6 Å². The van der Waals surface area contributed by atoms with Crippen molar-refractivity contribution in [1.82, 2.24) is 20.9 Å². The number of amides is 3. The van der Waals surface area contributed by atoms with E-state index >= 15 is 0 Å². The Balaban J connectivity index is 0.00000120. The Morgan fingerprint density at radius 2 is 1.70 bits per heavy atom. The summed E-state index contributed by atoms with van der Waals surface area (Å²) in [5, 5.41) is 15.6. The van der Waals surface area contributed by atoms with Crippen LogP contribution < -0.4 is 20.7 Å². The van der Waals surface area contributed by atoms with Crippen LogP contribution in [0.1, 0.15) is 70.3 Å². The summed E-state index contributed by atoms with van der Waals surface area (Å²) in [5.74, 6) is 0.716. The van der Waals surface area contributed by atoms with Crippen LogP contribution in [0.3, 0.4) is 0 Å². The van der Waals surface area contributed by atoms with Gasteiger partial charge >= 0.3 is 0 Å². The number of methoxy groups -OCH3 is 2. The molecular weight excluding hydrogens is 568 g/mol. The van der Waals surface area contributed by atoms with Crippen molar-refractivity contribution in [3.63, 3.8) is 0 Å². The highest BCUT2D eigenvalue weighted by atomic mass is 16.5. The molecule has 0 radical (unpaired) electrons. The van der Waals surface area contributed by atoms with Crippen LogP contribution in [0.4, 0.5) is 0 Å². The molecule has 2 aromatic rings. The van der Waals surface area contributed by atoms with Crippen LogP contribution in [0.25, 0.3) is 10.9 Å². The van der Waals surface area contributed by atoms with Crippen molar-refractivity contribution >= 4 is 41.2 Å². The number of H-pyrrole nitrogens is 1. The molecule has 2 atom stereocenters. The van der Waals surface area contributed by atoms with Gasteiger partial charge in [0.2, 0.25) is 11.8 Å². The van der Waals surface area contributed by atoms with Gasteiger partial charge in [-0.2, -0.15) is 0 Å². The van der Waals surface area contributed by atoms with Crippen LogP contribution in [0, 0.1) is 17.8 Å². The molecule has 1 aromatic heterocycles. The molecule has 2 aliphatic rings. The topological polar surface area (TPSA) is 176 Å². The molecule has 1 saturated heterocycles. The first kappa shape index (κ1) is 40.2. The van der Waals surface area contributed by atoms with Gasteiger partial charge < -0.3 is 40.3 Å². The largest absolute Gasteiger partial charge is 0.496 e. The quantitative estimate of drug-likeness (QED) is 0.269. The molecule has 248 valence electrons. The fourth-order valence-electron chi connectivity index (χ4n) is 4.21. The molecule has 0 spiro atoms. The van der Waals surface area contributed by atoms with Crippen LogP contribution in [-0.4, -0.2) is 87.5 Å². The normalized spacial score (nSPS) is 15.7. The third-order valence-electron chi connectivity index (χ3n) is 6.59. The summed E-state index contributed by atoms with van der Waals surface area (Å²) in [7, 11) is 3.93. The average molecular weight is 621 g/mol. The van der Waals surface area contributed by atoms with E-state index in [1.54, 1.807) is 25.3 Å². The lowest BCUT2D eigenvalue weighted by Crippen LogP contribution is -2.47. The molecule has 4 rings (SSSR count). The lowest BCUT2D eigenvalue weighted by molar-refractivity contribution is -0.130. The number of aliphatic hydroxyl groups is 1. The van der Waals surface area contributed by atoms with E-state index in [2.05, 4.69) is 48.6 Å². The lowest BCUT2D eigenvalue weighted by Gasteiger charge is -2.19. The van der Waals surface area contributed by atoms with E-state index in [0.29, 0.717) is 18.7 Å². The van der Waals surface area contributed by atoms with Gasteiger partial charge in [-0.25, -0.2) is 0 Å². The molecule has 0 bridgehead atoms. The zero-order valence-corrected chi connectivity index (χ0v) is 27.3. The summed E-state index contributed by atoms with van der Waals surface area (Å²) in [4.78, 5) is 60.0. The molecule has 12 heteroatoms. The van der Waals surface area contributed by atoms with Gasteiger partial charge in [-0.15, -0.1) is 0 Å². The Labute approximate surface area is 261 Å². The van der Waals surface area contributed by atoms with Gasteiger partial charge in [0, 0.05) is 37.6 Å². The van der Waals surface area contributed by atoms with Crippen LogP contribution in [-0.2, 0) is 23.9 Å². The van der Waals surface area contributed by atoms with Gasteiger partial charge in [0.05, 0.1) is 19.7 Å². The number of Topliss-reactive ketones (excluding diaryl/α,β-unsaturated/α-hetero) is 1. The summed E-state index contributed by atoms with van der Waals surface area (Å²) in [5.41, 5.74) is 1.01. The van der Waals surface area contributed by atoms with Crippen LogP contribution in [0.15, 0.2) is 24.3 Å². The van der Waals surface area contributed by atoms with E-state index < -0.39 is 17.9 Å². The predicted molar refractivity (Wildman–Crippen MR) is 171 cm³/mol. The van der Waals surface area contributed by atoms with Crippen molar-refractivity contribution in [3.8, 4) is 5.75 Å². The van der Waals surface area contributed by atoms with E-state index in [0.717, 1.165) is 29.8 Å². The molecule has 2 fully saturated rings. The molecule has 1 saturated carbocycles. The van der Waals surface area contributed by atoms with Crippen LogP contribution in [0.5, 0.6) is 5.75 Å². The summed E-state index contributed by atoms with van der Waals surface area (Å²) in [6.07, 6.45) is 5.25. The summed E-state index contributed by atoms with van der Waals surface area (Å²) in [6, 6.07) is 6.18. The first-order valence-electron chi connectivity index (χ1n) is 14.8. The third kappa shape index (κ3) is 14.6. The van der Waals surface area contributed by atoms with Crippen LogP contribution >= 0.6 is 0 Å².